The van der Waals surface area contributed by atoms with Crippen LogP contribution in [0.3, 0.4) is 0 Å². The summed E-state index contributed by atoms with van der Waals surface area (Å²) in [6, 6.07) is 3.37. The lowest BCUT2D eigenvalue weighted by atomic mass is 9.96. The number of alkyl carbamates (subject to hydrolysis) is 1. The number of alkyl halides is 9. The summed E-state index contributed by atoms with van der Waals surface area (Å²) in [5, 5.41) is 9.51. The molecule has 0 saturated heterocycles. The zero-order chi connectivity index (χ0) is 31.3. The van der Waals surface area contributed by atoms with E-state index in [2.05, 4.69) is 5.32 Å². The number of benzene rings is 2. The first kappa shape index (κ1) is 34.2. The number of rotatable bonds is 5. The topological polar surface area (TPSA) is 92.7 Å². The monoisotopic (exact) mass is 593 g/mol. The Bertz CT molecular complexity index is 1200. The summed E-state index contributed by atoms with van der Waals surface area (Å²) in [5.74, 6) is -4.67. The highest BCUT2D eigenvalue weighted by Gasteiger charge is 2.39. The summed E-state index contributed by atoms with van der Waals surface area (Å²) in [4.78, 5) is 33.2. The van der Waals surface area contributed by atoms with E-state index < -0.39 is 64.5 Å². The van der Waals surface area contributed by atoms with Crippen LogP contribution in [-0.4, -0.2) is 41.3 Å². The third kappa shape index (κ3) is 11.1. The molecule has 40 heavy (non-hydrogen) atoms. The van der Waals surface area contributed by atoms with Gasteiger partial charge in [-0.2, -0.15) is 39.5 Å². The Morgan fingerprint density at radius 1 is 0.800 bits per heavy atom. The minimum Gasteiger partial charge on any atom is -0.475 e. The second-order valence-corrected chi connectivity index (χ2v) is 8.91. The Balaban J connectivity index is 0.00000101. The van der Waals surface area contributed by atoms with Crippen molar-refractivity contribution >= 4 is 17.8 Å². The first-order valence-corrected chi connectivity index (χ1v) is 10.8. The largest absolute Gasteiger partial charge is 0.490 e. The molecule has 0 aliphatic carbocycles. The molecule has 0 radical (unpaired) electrons. The number of hydrogen-bond acceptors (Lipinski definition) is 4. The molecule has 0 saturated carbocycles. The molecule has 2 rings (SSSR count). The molecule has 2 N–H and O–H groups in total. The Kier molecular flexibility index (Phi) is 10.7. The lowest BCUT2D eigenvalue weighted by Crippen LogP contribution is -2.33. The second-order valence-electron chi connectivity index (χ2n) is 8.91. The van der Waals surface area contributed by atoms with Gasteiger partial charge in [-0.25, -0.2) is 14.0 Å². The van der Waals surface area contributed by atoms with E-state index >= 15 is 0 Å². The lowest BCUT2D eigenvalue weighted by Gasteiger charge is -2.19. The quantitative estimate of drug-likeness (QED) is 0.294. The number of nitrogens with one attached hydrogen (secondary N) is 1. The van der Waals surface area contributed by atoms with Gasteiger partial charge in [0.2, 0.25) is 0 Å². The number of ether oxygens (including phenoxy) is 1. The fraction of sp³-hybridized carbons (Fsp3) is 0.375. The van der Waals surface area contributed by atoms with Gasteiger partial charge in [-0.1, -0.05) is 0 Å². The van der Waals surface area contributed by atoms with Crippen LogP contribution in [0.1, 0.15) is 53.4 Å². The summed E-state index contributed by atoms with van der Waals surface area (Å²) < 4.78 is 129. The van der Waals surface area contributed by atoms with Crippen molar-refractivity contribution in [2.45, 2.75) is 51.3 Å². The maximum absolute atomic E-state index is 14.1. The number of amides is 1. The van der Waals surface area contributed by atoms with Gasteiger partial charge in [-0.3, -0.25) is 4.79 Å². The van der Waals surface area contributed by atoms with Crippen LogP contribution in [0.4, 0.5) is 48.7 Å². The van der Waals surface area contributed by atoms with Crippen molar-refractivity contribution in [2.24, 2.45) is 0 Å². The van der Waals surface area contributed by atoms with Gasteiger partial charge in [0.1, 0.15) is 11.4 Å². The molecule has 222 valence electrons. The van der Waals surface area contributed by atoms with Crippen LogP contribution in [0.2, 0.25) is 0 Å². The van der Waals surface area contributed by atoms with Crippen molar-refractivity contribution in [2.75, 3.05) is 6.54 Å². The van der Waals surface area contributed by atoms with Crippen LogP contribution in [0.15, 0.2) is 36.4 Å². The molecule has 0 fully saturated rings. The number of halogens is 10. The van der Waals surface area contributed by atoms with E-state index in [0.717, 1.165) is 18.2 Å². The number of carboxylic acids is 1. The fourth-order valence-corrected chi connectivity index (χ4v) is 2.77. The second kappa shape index (κ2) is 12.6. The number of carbonyl (C=O) groups is 3. The van der Waals surface area contributed by atoms with Gasteiger partial charge >= 0.3 is 30.6 Å². The van der Waals surface area contributed by atoms with Crippen LogP contribution >= 0.6 is 0 Å². The van der Waals surface area contributed by atoms with Crippen molar-refractivity contribution in [3.8, 4) is 0 Å². The molecule has 0 spiro atoms. The summed E-state index contributed by atoms with van der Waals surface area (Å²) >= 11 is 0. The van der Waals surface area contributed by atoms with Gasteiger partial charge in [0.15, 0.2) is 5.78 Å². The molecule has 0 aromatic heterocycles. The lowest BCUT2D eigenvalue weighted by molar-refractivity contribution is -0.192. The molecule has 0 unspecified atom stereocenters. The summed E-state index contributed by atoms with van der Waals surface area (Å²) in [6.45, 7) is 4.82. The van der Waals surface area contributed by atoms with Gasteiger partial charge < -0.3 is 15.2 Å². The molecule has 0 heterocycles. The van der Waals surface area contributed by atoms with E-state index in [4.69, 9.17) is 14.6 Å². The molecule has 2 aromatic carbocycles. The molecule has 16 heteroatoms. The first-order valence-electron chi connectivity index (χ1n) is 10.8. The van der Waals surface area contributed by atoms with Crippen LogP contribution in [0, 0.1) is 5.82 Å². The minimum absolute atomic E-state index is 0.0695. The Morgan fingerprint density at radius 2 is 1.27 bits per heavy atom. The van der Waals surface area contributed by atoms with Crippen molar-refractivity contribution < 1.29 is 68.1 Å². The highest BCUT2D eigenvalue weighted by molar-refractivity contribution is 6.09. The number of carboxylic acid groups (broad SMARTS) is 1. The number of ketones is 1. The van der Waals surface area contributed by atoms with Gasteiger partial charge in [0.25, 0.3) is 0 Å². The van der Waals surface area contributed by atoms with Crippen molar-refractivity contribution in [3.63, 3.8) is 0 Å². The molecular weight excluding hydrogens is 572 g/mol. The molecule has 0 aliphatic rings. The van der Waals surface area contributed by atoms with Gasteiger partial charge in [0.05, 0.1) is 11.1 Å². The zero-order valence-corrected chi connectivity index (χ0v) is 20.7. The fourth-order valence-electron chi connectivity index (χ4n) is 2.77. The number of aliphatic carboxylic acids is 1. The Hall–Kier alpha value is -3.85. The van der Waals surface area contributed by atoms with E-state index in [1.165, 1.54) is 0 Å². The van der Waals surface area contributed by atoms with E-state index in [1.54, 1.807) is 20.8 Å². The molecule has 0 atom stereocenters. The summed E-state index contributed by atoms with van der Waals surface area (Å²) in [6.07, 6.45) is -16.2. The van der Waals surface area contributed by atoms with E-state index in [9.17, 15) is 53.5 Å². The highest BCUT2D eigenvalue weighted by atomic mass is 19.4. The highest BCUT2D eigenvalue weighted by Crippen LogP contribution is 2.36. The number of carbonyl (C=O) groups excluding carboxylic acids is 2. The number of hydrogen-bond donors (Lipinski definition) is 2. The van der Waals surface area contributed by atoms with Gasteiger partial charge in [-0.15, -0.1) is 0 Å². The third-order valence-corrected chi connectivity index (χ3v) is 4.46. The van der Waals surface area contributed by atoms with Crippen LogP contribution in [-0.2, 0) is 28.3 Å². The summed E-state index contributed by atoms with van der Waals surface area (Å²) in [5.41, 5.74) is -5.26. The molecule has 1 amide bonds. The smallest absolute Gasteiger partial charge is 0.475 e. The van der Waals surface area contributed by atoms with Crippen molar-refractivity contribution in [3.05, 3.63) is 70.0 Å². The summed E-state index contributed by atoms with van der Waals surface area (Å²) in [7, 11) is 0. The molecule has 0 bridgehead atoms. The molecular formula is C24H21F10NO5. The van der Waals surface area contributed by atoms with Crippen LogP contribution < -0.4 is 5.32 Å². The van der Waals surface area contributed by atoms with Crippen LogP contribution in [0.25, 0.3) is 0 Å². The first-order chi connectivity index (χ1) is 17.9. The van der Waals surface area contributed by atoms with Gasteiger partial charge in [-0.05, 0) is 69.2 Å². The zero-order valence-electron chi connectivity index (χ0n) is 20.7. The predicted octanol–water partition coefficient (Wildman–Crippen LogP) is 6.79. The Morgan fingerprint density at radius 3 is 1.68 bits per heavy atom. The van der Waals surface area contributed by atoms with Crippen molar-refractivity contribution in [1.29, 1.82) is 0 Å². The van der Waals surface area contributed by atoms with Gasteiger partial charge in [0, 0.05) is 17.7 Å². The molecule has 2 aromatic rings. The predicted molar refractivity (Wildman–Crippen MR) is 118 cm³/mol. The SMILES string of the molecule is CC(C)(C)OC(=O)NCCc1cc(C(=O)c2cc(C(F)(F)F)cc(C(F)(F)F)c2)ccc1F.O=C(O)C(F)(F)F. The van der Waals surface area contributed by atoms with E-state index in [-0.39, 0.29) is 30.2 Å². The van der Waals surface area contributed by atoms with Crippen LogP contribution in [0.5, 0.6) is 0 Å². The maximum atomic E-state index is 14.1. The Labute approximate surface area is 219 Å². The van der Waals surface area contributed by atoms with E-state index in [1.807, 2.05) is 0 Å². The third-order valence-electron chi connectivity index (χ3n) is 4.46. The maximum Gasteiger partial charge on any atom is 0.490 e. The minimum atomic E-state index is -5.11. The van der Waals surface area contributed by atoms with Crippen molar-refractivity contribution in [1.82, 2.24) is 5.32 Å². The average Bonchev–Trinajstić information content (AvgIpc) is 2.77. The average molecular weight is 593 g/mol. The standard InChI is InChI=1S/C22H20F7NO3.C2HF3O2/c1-20(2,3)33-19(32)30-7-6-12-8-13(4-5-17(12)23)18(31)14-9-15(21(24,25)26)11-16(10-14)22(27,28)29;3-2(4,5)1(6)7/h4-5,8-11H,6-7H2,1-3H3,(H,30,32);(H,6,7). The molecule has 6 nitrogen and oxygen atoms in total. The normalized spacial score (nSPS) is 12.2. The molecule has 0 aliphatic heterocycles. The van der Waals surface area contributed by atoms with E-state index in [0.29, 0.717) is 12.1 Å².